The molecule has 1 heterocycles. The van der Waals surface area contributed by atoms with Crippen LogP contribution in [0, 0.1) is 0 Å². The number of hydrogen-bond donors (Lipinski definition) is 2. The SMILES string of the molecule is CCNC(=O)CNc1cnc(C(=O)OC)cn1. The zero-order chi connectivity index (χ0) is 12.7. The highest BCUT2D eigenvalue weighted by Gasteiger charge is 2.07. The third kappa shape index (κ3) is 4.06. The normalized spacial score (nSPS) is 9.53. The lowest BCUT2D eigenvalue weighted by atomic mass is 10.4. The minimum Gasteiger partial charge on any atom is -0.464 e. The molecule has 7 nitrogen and oxygen atoms in total. The van der Waals surface area contributed by atoms with Gasteiger partial charge in [-0.3, -0.25) is 4.79 Å². The van der Waals surface area contributed by atoms with E-state index in [1.165, 1.54) is 19.5 Å². The van der Waals surface area contributed by atoms with Gasteiger partial charge in [-0.2, -0.15) is 0 Å². The van der Waals surface area contributed by atoms with Crippen LogP contribution in [0.25, 0.3) is 0 Å². The number of anilines is 1. The molecule has 7 heteroatoms. The molecule has 0 aliphatic carbocycles. The fraction of sp³-hybridized carbons (Fsp3) is 0.400. The predicted octanol–water partition coefficient (Wildman–Crippen LogP) is -0.189. The second-order valence-electron chi connectivity index (χ2n) is 3.09. The lowest BCUT2D eigenvalue weighted by Gasteiger charge is -2.05. The summed E-state index contributed by atoms with van der Waals surface area (Å²) in [6, 6.07) is 0. The summed E-state index contributed by atoms with van der Waals surface area (Å²) in [5.74, 6) is -0.261. The number of ether oxygens (including phenoxy) is 1. The number of carbonyl (C=O) groups is 2. The van der Waals surface area contributed by atoms with Crippen LogP contribution in [0.2, 0.25) is 0 Å². The summed E-state index contributed by atoms with van der Waals surface area (Å²) >= 11 is 0. The van der Waals surface area contributed by atoms with Gasteiger partial charge in [0.1, 0.15) is 5.82 Å². The van der Waals surface area contributed by atoms with E-state index in [9.17, 15) is 9.59 Å². The molecule has 17 heavy (non-hydrogen) atoms. The van der Waals surface area contributed by atoms with E-state index in [1.807, 2.05) is 6.92 Å². The van der Waals surface area contributed by atoms with Crippen LogP contribution in [0.3, 0.4) is 0 Å². The third-order valence-corrected chi connectivity index (χ3v) is 1.85. The first-order chi connectivity index (χ1) is 8.17. The Morgan fingerprint density at radius 1 is 1.35 bits per heavy atom. The Morgan fingerprint density at radius 2 is 2.12 bits per heavy atom. The number of carbonyl (C=O) groups excluding carboxylic acids is 2. The van der Waals surface area contributed by atoms with Crippen molar-refractivity contribution in [3.8, 4) is 0 Å². The van der Waals surface area contributed by atoms with Gasteiger partial charge in [-0.15, -0.1) is 0 Å². The van der Waals surface area contributed by atoms with Gasteiger partial charge in [-0.05, 0) is 6.92 Å². The lowest BCUT2D eigenvalue weighted by Crippen LogP contribution is -2.29. The van der Waals surface area contributed by atoms with Gasteiger partial charge in [0.25, 0.3) is 0 Å². The molecule has 1 aromatic rings. The monoisotopic (exact) mass is 238 g/mol. The molecule has 2 N–H and O–H groups in total. The van der Waals surface area contributed by atoms with Gasteiger partial charge in [0.05, 0.1) is 26.0 Å². The number of methoxy groups -OCH3 is 1. The smallest absolute Gasteiger partial charge is 0.358 e. The molecule has 1 amide bonds. The molecule has 0 fully saturated rings. The minimum absolute atomic E-state index is 0.111. The molecule has 0 atom stereocenters. The van der Waals surface area contributed by atoms with Gasteiger partial charge < -0.3 is 15.4 Å². The van der Waals surface area contributed by atoms with Crippen LogP contribution in [-0.2, 0) is 9.53 Å². The molecule has 0 aromatic carbocycles. The van der Waals surface area contributed by atoms with Gasteiger partial charge >= 0.3 is 5.97 Å². The molecule has 92 valence electrons. The van der Waals surface area contributed by atoms with Crippen LogP contribution < -0.4 is 10.6 Å². The lowest BCUT2D eigenvalue weighted by molar-refractivity contribution is -0.119. The molecule has 0 bridgehead atoms. The number of nitrogens with one attached hydrogen (secondary N) is 2. The van der Waals surface area contributed by atoms with Gasteiger partial charge in [0, 0.05) is 6.54 Å². The van der Waals surface area contributed by atoms with E-state index in [1.54, 1.807) is 0 Å². The van der Waals surface area contributed by atoms with Crippen molar-refractivity contribution >= 4 is 17.7 Å². The van der Waals surface area contributed by atoms with Crippen LogP contribution in [0.4, 0.5) is 5.82 Å². The standard InChI is InChI=1S/C10H14N4O3/c1-3-11-9(15)6-14-8-5-12-7(4-13-8)10(16)17-2/h4-5H,3,6H2,1-2H3,(H,11,15)(H,13,14). The molecule has 0 aliphatic heterocycles. The van der Waals surface area contributed by atoms with Crippen LogP contribution in [0.1, 0.15) is 17.4 Å². The summed E-state index contributed by atoms with van der Waals surface area (Å²) in [4.78, 5) is 30.0. The molecule has 0 spiro atoms. The summed E-state index contributed by atoms with van der Waals surface area (Å²) in [6.45, 7) is 2.52. The number of amides is 1. The Bertz CT molecular complexity index is 391. The average molecular weight is 238 g/mol. The number of rotatable bonds is 5. The second-order valence-corrected chi connectivity index (χ2v) is 3.09. The number of hydrogen-bond acceptors (Lipinski definition) is 6. The summed E-state index contributed by atoms with van der Waals surface area (Å²) in [5, 5.41) is 5.41. The van der Waals surface area contributed by atoms with Gasteiger partial charge in [-0.1, -0.05) is 0 Å². The third-order valence-electron chi connectivity index (χ3n) is 1.85. The van der Waals surface area contributed by atoms with E-state index in [0.29, 0.717) is 12.4 Å². The first-order valence-corrected chi connectivity index (χ1v) is 5.08. The van der Waals surface area contributed by atoms with Crippen LogP contribution in [0.5, 0.6) is 0 Å². The van der Waals surface area contributed by atoms with E-state index in [-0.39, 0.29) is 18.1 Å². The number of esters is 1. The minimum atomic E-state index is -0.548. The highest BCUT2D eigenvalue weighted by Crippen LogP contribution is 2.01. The Morgan fingerprint density at radius 3 is 2.65 bits per heavy atom. The molecule has 1 aromatic heterocycles. The maximum Gasteiger partial charge on any atom is 0.358 e. The zero-order valence-electron chi connectivity index (χ0n) is 9.69. The molecular formula is C10H14N4O3. The average Bonchev–Trinajstić information content (AvgIpc) is 2.36. The number of aromatic nitrogens is 2. The summed E-state index contributed by atoms with van der Waals surface area (Å²) in [6.07, 6.45) is 2.65. The summed E-state index contributed by atoms with van der Waals surface area (Å²) in [7, 11) is 1.27. The zero-order valence-corrected chi connectivity index (χ0v) is 9.69. The van der Waals surface area contributed by atoms with Crippen molar-refractivity contribution in [3.63, 3.8) is 0 Å². The van der Waals surface area contributed by atoms with Crippen molar-refractivity contribution in [3.05, 3.63) is 18.1 Å². The molecule has 0 aliphatic rings. The number of nitrogens with zero attached hydrogens (tertiary/aromatic N) is 2. The Balaban J connectivity index is 2.51. The molecule has 0 saturated heterocycles. The van der Waals surface area contributed by atoms with Crippen LogP contribution in [-0.4, -0.2) is 42.0 Å². The fourth-order valence-corrected chi connectivity index (χ4v) is 1.06. The topological polar surface area (TPSA) is 93.2 Å². The molecular weight excluding hydrogens is 224 g/mol. The second kappa shape index (κ2) is 6.41. The van der Waals surface area contributed by atoms with Crippen molar-refractivity contribution in [2.75, 3.05) is 25.5 Å². The summed E-state index contributed by atoms with van der Waals surface area (Å²) in [5.41, 5.74) is 0.121. The predicted molar refractivity (Wildman–Crippen MR) is 60.5 cm³/mol. The Kier molecular flexibility index (Phi) is 4.86. The highest BCUT2D eigenvalue weighted by atomic mass is 16.5. The van der Waals surface area contributed by atoms with Crippen LogP contribution in [0.15, 0.2) is 12.4 Å². The fourth-order valence-electron chi connectivity index (χ4n) is 1.06. The Hall–Kier alpha value is -2.18. The van der Waals surface area contributed by atoms with Crippen molar-refractivity contribution in [1.29, 1.82) is 0 Å². The van der Waals surface area contributed by atoms with Gasteiger partial charge in [-0.25, -0.2) is 14.8 Å². The molecule has 0 unspecified atom stereocenters. The van der Waals surface area contributed by atoms with Gasteiger partial charge in [0.2, 0.25) is 5.91 Å². The molecule has 0 saturated carbocycles. The van der Waals surface area contributed by atoms with Gasteiger partial charge in [0.15, 0.2) is 5.69 Å². The quantitative estimate of drug-likeness (QED) is 0.691. The van der Waals surface area contributed by atoms with E-state index >= 15 is 0 Å². The van der Waals surface area contributed by atoms with Crippen molar-refractivity contribution < 1.29 is 14.3 Å². The number of likely N-dealkylation sites (N-methyl/N-ethyl adjacent to an activating group) is 1. The first kappa shape index (κ1) is 12.9. The summed E-state index contributed by atoms with van der Waals surface area (Å²) < 4.78 is 4.48. The van der Waals surface area contributed by atoms with Crippen molar-refractivity contribution in [2.24, 2.45) is 0 Å². The Labute approximate surface area is 98.6 Å². The van der Waals surface area contributed by atoms with E-state index in [0.717, 1.165) is 0 Å². The highest BCUT2D eigenvalue weighted by molar-refractivity contribution is 5.86. The van der Waals surface area contributed by atoms with E-state index in [2.05, 4.69) is 25.3 Å². The molecule has 1 rings (SSSR count). The van der Waals surface area contributed by atoms with Crippen molar-refractivity contribution in [1.82, 2.24) is 15.3 Å². The van der Waals surface area contributed by atoms with Crippen LogP contribution >= 0.6 is 0 Å². The maximum absolute atomic E-state index is 11.1. The van der Waals surface area contributed by atoms with Crippen molar-refractivity contribution in [2.45, 2.75) is 6.92 Å². The largest absolute Gasteiger partial charge is 0.464 e. The first-order valence-electron chi connectivity index (χ1n) is 5.08. The van der Waals surface area contributed by atoms with E-state index in [4.69, 9.17) is 0 Å². The maximum atomic E-state index is 11.1. The molecule has 0 radical (unpaired) electrons. The van der Waals surface area contributed by atoms with E-state index < -0.39 is 5.97 Å².